The lowest BCUT2D eigenvalue weighted by molar-refractivity contribution is -0.384. The highest BCUT2D eigenvalue weighted by Gasteiger charge is 2.18. The van der Waals surface area contributed by atoms with Crippen LogP contribution in [0.5, 0.6) is 5.75 Å². The molecule has 1 amide bonds. The Balaban J connectivity index is 2.84. The number of nitrogens with zero attached hydrogens (tertiary/aromatic N) is 1. The summed E-state index contributed by atoms with van der Waals surface area (Å²) in [6.07, 6.45) is 0.488. The molecule has 0 spiro atoms. The zero-order chi connectivity index (χ0) is 14.6. The summed E-state index contributed by atoms with van der Waals surface area (Å²) in [7, 11) is 0. The number of phenolic OH excluding ortho intramolecular Hbond substituents is 1. The Morgan fingerprint density at radius 3 is 2.68 bits per heavy atom. The van der Waals surface area contributed by atoms with Crippen molar-refractivity contribution in [2.45, 2.75) is 26.3 Å². The Labute approximate surface area is 110 Å². The third-order valence-electron chi connectivity index (χ3n) is 2.51. The first-order chi connectivity index (χ1) is 8.81. The van der Waals surface area contributed by atoms with Gasteiger partial charge in [-0.2, -0.15) is 0 Å². The third-order valence-corrected chi connectivity index (χ3v) is 2.51. The van der Waals surface area contributed by atoms with Crippen molar-refractivity contribution < 1.29 is 14.8 Å². The summed E-state index contributed by atoms with van der Waals surface area (Å²) >= 11 is 0. The van der Waals surface area contributed by atoms with E-state index in [0.717, 1.165) is 18.2 Å². The van der Waals surface area contributed by atoms with Crippen LogP contribution < -0.4 is 11.1 Å². The summed E-state index contributed by atoms with van der Waals surface area (Å²) < 4.78 is 0. The fraction of sp³-hybridized carbons (Fsp3) is 0.417. The first kappa shape index (κ1) is 14.9. The maximum absolute atomic E-state index is 11.8. The highest BCUT2D eigenvalue weighted by atomic mass is 16.6. The highest BCUT2D eigenvalue weighted by molar-refractivity contribution is 5.96. The van der Waals surface area contributed by atoms with Gasteiger partial charge in [-0.25, -0.2) is 0 Å². The second-order valence-electron chi connectivity index (χ2n) is 4.68. The number of phenols is 1. The predicted octanol–water partition coefficient (Wildman–Crippen LogP) is 1.61. The molecule has 1 aromatic rings. The predicted molar refractivity (Wildman–Crippen MR) is 70.8 cm³/mol. The monoisotopic (exact) mass is 267 g/mol. The highest BCUT2D eigenvalue weighted by Crippen LogP contribution is 2.27. The largest absolute Gasteiger partial charge is 0.506 e. The zero-order valence-electron chi connectivity index (χ0n) is 10.8. The second-order valence-corrected chi connectivity index (χ2v) is 4.68. The van der Waals surface area contributed by atoms with E-state index in [4.69, 9.17) is 5.73 Å². The molecule has 0 saturated carbocycles. The van der Waals surface area contributed by atoms with E-state index >= 15 is 0 Å². The first-order valence-electron chi connectivity index (χ1n) is 5.85. The number of nitro benzene ring substituents is 1. The molecule has 0 aliphatic rings. The summed E-state index contributed by atoms with van der Waals surface area (Å²) in [5, 5.41) is 22.6. The van der Waals surface area contributed by atoms with Gasteiger partial charge in [-0.1, -0.05) is 13.8 Å². The van der Waals surface area contributed by atoms with Crippen LogP contribution in [0.4, 0.5) is 11.4 Å². The lowest BCUT2D eigenvalue weighted by atomic mass is 10.0. The van der Waals surface area contributed by atoms with Crippen molar-refractivity contribution in [1.82, 2.24) is 0 Å². The van der Waals surface area contributed by atoms with Crippen LogP contribution in [-0.4, -0.2) is 22.0 Å². The lowest BCUT2D eigenvalue weighted by Gasteiger charge is -2.14. The average molecular weight is 267 g/mol. The van der Waals surface area contributed by atoms with Crippen molar-refractivity contribution >= 4 is 17.3 Å². The van der Waals surface area contributed by atoms with Crippen LogP contribution in [0.1, 0.15) is 20.3 Å². The molecule has 7 nitrogen and oxygen atoms in total. The number of hydrogen-bond acceptors (Lipinski definition) is 5. The fourth-order valence-corrected chi connectivity index (χ4v) is 1.58. The Hall–Kier alpha value is -2.15. The molecule has 0 saturated heterocycles. The number of carbonyl (C=O) groups is 1. The molecule has 0 unspecified atom stereocenters. The maximum atomic E-state index is 11.8. The van der Waals surface area contributed by atoms with E-state index in [0.29, 0.717) is 6.42 Å². The minimum absolute atomic E-state index is 0.0154. The van der Waals surface area contributed by atoms with Gasteiger partial charge in [0.1, 0.15) is 5.75 Å². The number of benzene rings is 1. The van der Waals surface area contributed by atoms with E-state index in [9.17, 15) is 20.0 Å². The molecule has 1 rings (SSSR count). The number of carbonyl (C=O) groups excluding carboxylic acids is 1. The smallest absolute Gasteiger partial charge is 0.271 e. The van der Waals surface area contributed by atoms with Gasteiger partial charge in [0.05, 0.1) is 16.7 Å². The van der Waals surface area contributed by atoms with E-state index in [2.05, 4.69) is 5.32 Å². The van der Waals surface area contributed by atoms with Crippen molar-refractivity contribution in [2.24, 2.45) is 11.7 Å². The minimum Gasteiger partial charge on any atom is -0.506 e. The van der Waals surface area contributed by atoms with Crippen LogP contribution >= 0.6 is 0 Å². The van der Waals surface area contributed by atoms with E-state index < -0.39 is 16.9 Å². The number of aromatic hydroxyl groups is 1. The van der Waals surface area contributed by atoms with Crippen LogP contribution in [0.3, 0.4) is 0 Å². The first-order valence-corrected chi connectivity index (χ1v) is 5.85. The van der Waals surface area contributed by atoms with Crippen LogP contribution in [0.15, 0.2) is 18.2 Å². The summed E-state index contributed by atoms with van der Waals surface area (Å²) in [5.74, 6) is -0.473. The molecule has 1 atom stereocenters. The van der Waals surface area contributed by atoms with Crippen molar-refractivity contribution in [2.75, 3.05) is 5.32 Å². The van der Waals surface area contributed by atoms with Crippen molar-refractivity contribution in [3.63, 3.8) is 0 Å². The number of non-ortho nitro benzene ring substituents is 1. The van der Waals surface area contributed by atoms with Crippen molar-refractivity contribution in [1.29, 1.82) is 0 Å². The Kier molecular flexibility index (Phi) is 4.82. The summed E-state index contributed by atoms with van der Waals surface area (Å²) in [5.41, 5.74) is 5.45. The number of hydrogen-bond donors (Lipinski definition) is 3. The van der Waals surface area contributed by atoms with E-state index in [1.807, 2.05) is 13.8 Å². The van der Waals surface area contributed by atoms with Crippen LogP contribution in [-0.2, 0) is 4.79 Å². The molecule has 0 aliphatic heterocycles. The average Bonchev–Trinajstić information content (AvgIpc) is 2.30. The van der Waals surface area contributed by atoms with E-state index in [-0.39, 0.29) is 23.0 Å². The minimum atomic E-state index is -0.723. The Morgan fingerprint density at radius 1 is 1.53 bits per heavy atom. The van der Waals surface area contributed by atoms with E-state index in [1.54, 1.807) is 0 Å². The molecule has 0 bridgehead atoms. The number of rotatable bonds is 5. The standard InChI is InChI=1S/C12H17N3O4/c1-7(2)5-9(13)12(17)14-10-6-8(15(18)19)3-4-11(10)16/h3-4,6-7,9,16H,5,13H2,1-2H3,(H,14,17)/t9-/m1/s1. The van der Waals surface area contributed by atoms with Crippen LogP contribution in [0, 0.1) is 16.0 Å². The Bertz CT molecular complexity index is 488. The van der Waals surface area contributed by atoms with Crippen LogP contribution in [0.2, 0.25) is 0 Å². The molecule has 0 heterocycles. The molecule has 1 aromatic carbocycles. The van der Waals surface area contributed by atoms with Gasteiger partial charge in [-0.05, 0) is 18.4 Å². The molecule has 4 N–H and O–H groups in total. The molecular formula is C12H17N3O4. The van der Waals surface area contributed by atoms with E-state index in [1.165, 1.54) is 0 Å². The second kappa shape index (κ2) is 6.14. The van der Waals surface area contributed by atoms with Gasteiger partial charge in [0.15, 0.2) is 0 Å². The fourth-order valence-electron chi connectivity index (χ4n) is 1.58. The molecule has 0 radical (unpaired) electrons. The number of nitrogens with two attached hydrogens (primary N) is 1. The van der Waals surface area contributed by atoms with Crippen molar-refractivity contribution in [3.05, 3.63) is 28.3 Å². The molecule has 19 heavy (non-hydrogen) atoms. The normalized spacial score (nSPS) is 12.2. The van der Waals surface area contributed by atoms with Gasteiger partial charge in [0, 0.05) is 12.1 Å². The van der Waals surface area contributed by atoms with Gasteiger partial charge in [0.25, 0.3) is 5.69 Å². The molecular weight excluding hydrogens is 250 g/mol. The quantitative estimate of drug-likeness (QED) is 0.425. The number of anilines is 1. The summed E-state index contributed by atoms with van der Waals surface area (Å²) in [6.45, 7) is 3.86. The Morgan fingerprint density at radius 2 is 2.16 bits per heavy atom. The SMILES string of the molecule is CC(C)C[C@@H](N)C(=O)Nc1cc([N+](=O)[O-])ccc1O. The lowest BCUT2D eigenvalue weighted by Crippen LogP contribution is -2.36. The molecule has 0 fully saturated rings. The van der Waals surface area contributed by atoms with Gasteiger partial charge in [0.2, 0.25) is 5.91 Å². The molecule has 0 aliphatic carbocycles. The third kappa shape index (κ3) is 4.22. The molecule has 7 heteroatoms. The van der Waals surface area contributed by atoms with Gasteiger partial charge in [-0.3, -0.25) is 14.9 Å². The van der Waals surface area contributed by atoms with Gasteiger partial charge in [-0.15, -0.1) is 0 Å². The number of amides is 1. The number of nitro groups is 1. The topological polar surface area (TPSA) is 118 Å². The summed E-state index contributed by atoms with van der Waals surface area (Å²) in [6, 6.07) is 2.68. The van der Waals surface area contributed by atoms with Gasteiger partial charge >= 0.3 is 0 Å². The zero-order valence-corrected chi connectivity index (χ0v) is 10.8. The number of nitrogens with one attached hydrogen (secondary N) is 1. The molecule has 0 aromatic heterocycles. The van der Waals surface area contributed by atoms with Crippen molar-refractivity contribution in [3.8, 4) is 5.75 Å². The van der Waals surface area contributed by atoms with Crippen LogP contribution in [0.25, 0.3) is 0 Å². The molecule has 104 valence electrons. The van der Waals surface area contributed by atoms with Gasteiger partial charge < -0.3 is 16.2 Å². The summed E-state index contributed by atoms with van der Waals surface area (Å²) in [4.78, 5) is 21.8. The maximum Gasteiger partial charge on any atom is 0.271 e.